The summed E-state index contributed by atoms with van der Waals surface area (Å²) in [4.78, 5) is 38.3. The Bertz CT molecular complexity index is 933. The molecular formula is C23H23BrN2O5. The number of halogens is 1. The van der Waals surface area contributed by atoms with Crippen molar-refractivity contribution in [1.82, 2.24) is 4.90 Å². The summed E-state index contributed by atoms with van der Waals surface area (Å²) in [5.41, 5.74) is 0.734. The predicted molar refractivity (Wildman–Crippen MR) is 122 cm³/mol. The minimum absolute atomic E-state index is 0.116. The lowest BCUT2D eigenvalue weighted by Gasteiger charge is -2.19. The van der Waals surface area contributed by atoms with Crippen molar-refractivity contribution in [1.29, 1.82) is 0 Å². The lowest BCUT2D eigenvalue weighted by Crippen LogP contribution is -2.35. The normalized spacial score (nSPS) is 9.97. The standard InChI is InChI=1S/C23H23BrN2O5/c1-3-13-26(14-4-2)22(28)16-31-23(29)19-7-5-6-8-20(19)30-15-21(27)25-18-11-9-17(24)10-12-18/h3-12H,1-2,13-16H2,(H,25,27). The van der Waals surface area contributed by atoms with Crippen LogP contribution in [-0.2, 0) is 14.3 Å². The Morgan fingerprint density at radius 2 is 1.61 bits per heavy atom. The SMILES string of the molecule is C=CCN(CC=C)C(=O)COC(=O)c1ccccc1OCC(=O)Nc1ccc(Br)cc1. The van der Waals surface area contributed by atoms with Crippen LogP contribution in [0.2, 0.25) is 0 Å². The zero-order chi connectivity index (χ0) is 22.6. The number of carbonyl (C=O) groups is 3. The highest BCUT2D eigenvalue weighted by atomic mass is 79.9. The van der Waals surface area contributed by atoms with Gasteiger partial charge in [-0.1, -0.05) is 40.2 Å². The molecule has 0 saturated heterocycles. The first-order valence-electron chi connectivity index (χ1n) is 9.38. The van der Waals surface area contributed by atoms with Crippen LogP contribution in [0, 0.1) is 0 Å². The molecule has 31 heavy (non-hydrogen) atoms. The van der Waals surface area contributed by atoms with Gasteiger partial charge in [-0.25, -0.2) is 4.79 Å². The highest BCUT2D eigenvalue weighted by Crippen LogP contribution is 2.19. The number of hydrogen-bond acceptors (Lipinski definition) is 5. The topological polar surface area (TPSA) is 84.9 Å². The van der Waals surface area contributed by atoms with Crippen LogP contribution in [0.5, 0.6) is 5.75 Å². The second-order valence-corrected chi connectivity index (χ2v) is 7.21. The van der Waals surface area contributed by atoms with Crippen molar-refractivity contribution in [3.63, 3.8) is 0 Å². The number of nitrogens with one attached hydrogen (secondary N) is 1. The van der Waals surface area contributed by atoms with E-state index in [0.717, 1.165) is 4.47 Å². The molecule has 0 heterocycles. The quantitative estimate of drug-likeness (QED) is 0.385. The molecule has 162 valence electrons. The summed E-state index contributed by atoms with van der Waals surface area (Å²) in [6, 6.07) is 13.4. The Balaban J connectivity index is 1.94. The number of ether oxygens (including phenoxy) is 2. The molecule has 0 spiro atoms. The van der Waals surface area contributed by atoms with Crippen LogP contribution in [0.25, 0.3) is 0 Å². The van der Waals surface area contributed by atoms with Gasteiger partial charge in [0.1, 0.15) is 11.3 Å². The van der Waals surface area contributed by atoms with Gasteiger partial charge in [0.15, 0.2) is 13.2 Å². The number of esters is 1. The van der Waals surface area contributed by atoms with Crippen LogP contribution in [0.3, 0.4) is 0 Å². The van der Waals surface area contributed by atoms with Crippen molar-refractivity contribution in [2.45, 2.75) is 0 Å². The van der Waals surface area contributed by atoms with Gasteiger partial charge in [-0.3, -0.25) is 9.59 Å². The molecule has 2 rings (SSSR count). The number of carbonyl (C=O) groups excluding carboxylic acids is 3. The highest BCUT2D eigenvalue weighted by Gasteiger charge is 2.18. The first-order chi connectivity index (χ1) is 14.9. The van der Waals surface area contributed by atoms with Crippen LogP contribution in [0.4, 0.5) is 5.69 Å². The van der Waals surface area contributed by atoms with E-state index in [4.69, 9.17) is 9.47 Å². The van der Waals surface area contributed by atoms with E-state index in [2.05, 4.69) is 34.4 Å². The minimum Gasteiger partial charge on any atom is -0.483 e. The average molecular weight is 487 g/mol. The summed E-state index contributed by atoms with van der Waals surface area (Å²) in [7, 11) is 0. The number of hydrogen-bond donors (Lipinski definition) is 1. The molecule has 0 atom stereocenters. The summed E-state index contributed by atoms with van der Waals surface area (Å²) in [6.07, 6.45) is 3.15. The second-order valence-electron chi connectivity index (χ2n) is 6.29. The van der Waals surface area contributed by atoms with Gasteiger partial charge < -0.3 is 19.7 Å². The molecule has 0 aliphatic carbocycles. The fourth-order valence-electron chi connectivity index (χ4n) is 2.52. The summed E-state index contributed by atoms with van der Waals surface area (Å²) in [5.74, 6) is -1.31. The van der Waals surface area contributed by atoms with Crippen LogP contribution in [-0.4, -0.2) is 49.0 Å². The van der Waals surface area contributed by atoms with Crippen LogP contribution < -0.4 is 10.1 Å². The third kappa shape index (κ3) is 7.75. The molecule has 2 amide bonds. The maximum atomic E-state index is 12.5. The highest BCUT2D eigenvalue weighted by molar-refractivity contribution is 9.10. The molecule has 0 fully saturated rings. The zero-order valence-electron chi connectivity index (χ0n) is 16.9. The van der Waals surface area contributed by atoms with Crippen molar-refractivity contribution < 1.29 is 23.9 Å². The van der Waals surface area contributed by atoms with Crippen molar-refractivity contribution in [3.8, 4) is 5.75 Å². The summed E-state index contributed by atoms with van der Waals surface area (Å²) in [5, 5.41) is 2.70. The van der Waals surface area contributed by atoms with Crippen LogP contribution >= 0.6 is 15.9 Å². The van der Waals surface area contributed by atoms with Gasteiger partial charge in [0.2, 0.25) is 0 Å². The average Bonchev–Trinajstić information content (AvgIpc) is 2.77. The molecule has 0 saturated carbocycles. The molecule has 2 aromatic carbocycles. The maximum Gasteiger partial charge on any atom is 0.342 e. The number of nitrogens with zero attached hydrogens (tertiary/aromatic N) is 1. The predicted octanol–water partition coefficient (Wildman–Crippen LogP) is 3.82. The Morgan fingerprint density at radius 3 is 2.26 bits per heavy atom. The van der Waals surface area contributed by atoms with E-state index in [1.807, 2.05) is 0 Å². The third-order valence-corrected chi connectivity index (χ3v) is 4.50. The van der Waals surface area contributed by atoms with Gasteiger partial charge >= 0.3 is 5.97 Å². The van der Waals surface area contributed by atoms with Crippen molar-refractivity contribution in [2.24, 2.45) is 0 Å². The fraction of sp³-hybridized carbons (Fsp3) is 0.174. The van der Waals surface area contributed by atoms with E-state index in [9.17, 15) is 14.4 Å². The van der Waals surface area contributed by atoms with Crippen molar-refractivity contribution >= 4 is 39.4 Å². The molecule has 7 nitrogen and oxygen atoms in total. The number of anilines is 1. The Hall–Kier alpha value is -3.39. The largest absolute Gasteiger partial charge is 0.483 e. The molecule has 0 aliphatic rings. The molecule has 0 aromatic heterocycles. The van der Waals surface area contributed by atoms with E-state index >= 15 is 0 Å². The molecule has 8 heteroatoms. The van der Waals surface area contributed by atoms with Gasteiger partial charge in [-0.05, 0) is 36.4 Å². The summed E-state index contributed by atoms with van der Waals surface area (Å²) >= 11 is 3.33. The molecule has 1 N–H and O–H groups in total. The maximum absolute atomic E-state index is 12.5. The van der Waals surface area contributed by atoms with E-state index < -0.39 is 12.6 Å². The van der Waals surface area contributed by atoms with Gasteiger partial charge in [0.05, 0.1) is 0 Å². The first kappa shape index (κ1) is 23.9. The molecule has 2 aromatic rings. The Kier molecular flexibility index (Phi) is 9.51. The Morgan fingerprint density at radius 1 is 0.968 bits per heavy atom. The summed E-state index contributed by atoms with van der Waals surface area (Å²) in [6.45, 7) is 7.09. The van der Waals surface area contributed by atoms with Crippen molar-refractivity contribution in [3.05, 3.63) is 83.9 Å². The monoisotopic (exact) mass is 486 g/mol. The van der Waals surface area contributed by atoms with Gasteiger partial charge in [0, 0.05) is 23.2 Å². The zero-order valence-corrected chi connectivity index (χ0v) is 18.5. The van der Waals surface area contributed by atoms with Gasteiger partial charge in [0.25, 0.3) is 11.8 Å². The van der Waals surface area contributed by atoms with E-state index in [1.165, 1.54) is 11.0 Å². The minimum atomic E-state index is -0.727. The van der Waals surface area contributed by atoms with Gasteiger partial charge in [-0.2, -0.15) is 0 Å². The smallest absolute Gasteiger partial charge is 0.342 e. The second kappa shape index (κ2) is 12.3. The van der Waals surface area contributed by atoms with E-state index in [0.29, 0.717) is 18.8 Å². The Labute approximate surface area is 189 Å². The van der Waals surface area contributed by atoms with Crippen molar-refractivity contribution in [2.75, 3.05) is 31.6 Å². The lowest BCUT2D eigenvalue weighted by molar-refractivity contribution is -0.133. The first-order valence-corrected chi connectivity index (χ1v) is 10.2. The van der Waals surface area contributed by atoms with Crippen LogP contribution in [0.15, 0.2) is 78.3 Å². The number of amides is 2. The summed E-state index contributed by atoms with van der Waals surface area (Å²) < 4.78 is 11.5. The third-order valence-electron chi connectivity index (χ3n) is 3.97. The lowest BCUT2D eigenvalue weighted by atomic mass is 10.2. The molecule has 0 unspecified atom stereocenters. The molecule has 0 bridgehead atoms. The van der Waals surface area contributed by atoms with Gasteiger partial charge in [-0.15, -0.1) is 13.2 Å². The number of rotatable bonds is 11. The molecule has 0 radical (unpaired) electrons. The van der Waals surface area contributed by atoms with Crippen LogP contribution in [0.1, 0.15) is 10.4 Å². The molecular weight excluding hydrogens is 464 g/mol. The van der Waals surface area contributed by atoms with E-state index in [1.54, 1.807) is 54.6 Å². The molecule has 0 aliphatic heterocycles. The number of benzene rings is 2. The fourth-order valence-corrected chi connectivity index (χ4v) is 2.79. The number of para-hydroxylation sites is 1. The van der Waals surface area contributed by atoms with E-state index in [-0.39, 0.29) is 29.7 Å².